The van der Waals surface area contributed by atoms with Crippen molar-refractivity contribution in [2.75, 3.05) is 46.0 Å². The normalized spacial score (nSPS) is 28.1. The van der Waals surface area contributed by atoms with E-state index in [0.29, 0.717) is 45.2 Å². The molecule has 4 fully saturated rings. The van der Waals surface area contributed by atoms with Crippen molar-refractivity contribution in [3.63, 3.8) is 0 Å². The molecule has 2 amide bonds. The molecule has 1 saturated carbocycles. The van der Waals surface area contributed by atoms with Crippen LogP contribution in [0.5, 0.6) is 0 Å². The van der Waals surface area contributed by atoms with Gasteiger partial charge in [0.2, 0.25) is 11.8 Å². The number of piperidine rings is 1. The summed E-state index contributed by atoms with van der Waals surface area (Å²) in [5.74, 6) is 1.34. The summed E-state index contributed by atoms with van der Waals surface area (Å²) >= 11 is 0. The maximum absolute atomic E-state index is 12.8. The Bertz CT molecular complexity index is 520. The summed E-state index contributed by atoms with van der Waals surface area (Å²) in [5, 5.41) is 0. The Labute approximate surface area is 156 Å². The SMILES string of the molecule is O=C1CC2(CCN(C(=O)C3CCOCC3)CC2)OCCN1CC1CCC1. The first-order valence-electron chi connectivity index (χ1n) is 10.4. The highest BCUT2D eigenvalue weighted by Crippen LogP contribution is 2.34. The number of carbonyl (C=O) groups excluding carboxylic acids is 2. The van der Waals surface area contributed by atoms with E-state index < -0.39 is 0 Å². The molecular weight excluding hydrogens is 332 g/mol. The van der Waals surface area contributed by atoms with E-state index >= 15 is 0 Å². The van der Waals surface area contributed by atoms with Crippen molar-refractivity contribution < 1.29 is 19.1 Å². The van der Waals surface area contributed by atoms with Crippen molar-refractivity contribution in [1.29, 1.82) is 0 Å². The standard InChI is InChI=1S/C20H32N2O4/c23-18-14-20(26-13-10-22(18)15-16-2-1-3-16)6-8-21(9-7-20)19(24)17-4-11-25-12-5-17/h16-17H,1-15H2. The van der Waals surface area contributed by atoms with Crippen LogP contribution in [0.4, 0.5) is 0 Å². The molecule has 1 spiro atoms. The zero-order chi connectivity index (χ0) is 18.0. The molecule has 6 heteroatoms. The smallest absolute Gasteiger partial charge is 0.225 e. The fourth-order valence-corrected chi connectivity index (χ4v) is 4.77. The van der Waals surface area contributed by atoms with Gasteiger partial charge < -0.3 is 19.3 Å². The number of hydrogen-bond acceptors (Lipinski definition) is 4. The molecule has 0 radical (unpaired) electrons. The van der Waals surface area contributed by atoms with Crippen LogP contribution in [0.25, 0.3) is 0 Å². The Hall–Kier alpha value is -1.14. The lowest BCUT2D eigenvalue weighted by molar-refractivity contribution is -0.146. The maximum atomic E-state index is 12.8. The van der Waals surface area contributed by atoms with Crippen LogP contribution < -0.4 is 0 Å². The predicted octanol–water partition coefficient (Wildman–Crippen LogP) is 1.82. The highest BCUT2D eigenvalue weighted by atomic mass is 16.5. The number of nitrogens with zero attached hydrogens (tertiary/aromatic N) is 2. The minimum atomic E-state index is -0.349. The second-order valence-corrected chi connectivity index (χ2v) is 8.56. The number of likely N-dealkylation sites (tertiary alicyclic amines) is 1. The molecule has 0 aromatic rings. The second-order valence-electron chi connectivity index (χ2n) is 8.56. The average Bonchev–Trinajstić information content (AvgIpc) is 2.78. The number of amides is 2. The minimum absolute atomic E-state index is 0.118. The monoisotopic (exact) mass is 364 g/mol. The van der Waals surface area contributed by atoms with Crippen LogP contribution >= 0.6 is 0 Å². The van der Waals surface area contributed by atoms with Gasteiger partial charge in [-0.25, -0.2) is 0 Å². The Morgan fingerprint density at radius 1 is 1.04 bits per heavy atom. The van der Waals surface area contributed by atoms with E-state index in [1.165, 1.54) is 19.3 Å². The summed E-state index contributed by atoms with van der Waals surface area (Å²) in [4.78, 5) is 29.5. The molecule has 0 aromatic carbocycles. The molecule has 3 heterocycles. The van der Waals surface area contributed by atoms with E-state index in [-0.39, 0.29) is 23.3 Å². The van der Waals surface area contributed by atoms with Crippen LogP contribution in [0.2, 0.25) is 0 Å². The van der Waals surface area contributed by atoms with Gasteiger partial charge >= 0.3 is 0 Å². The first-order chi connectivity index (χ1) is 12.7. The zero-order valence-electron chi connectivity index (χ0n) is 15.8. The molecule has 4 aliphatic rings. The van der Waals surface area contributed by atoms with E-state index in [1.807, 2.05) is 9.80 Å². The van der Waals surface area contributed by atoms with Crippen molar-refractivity contribution in [2.24, 2.45) is 11.8 Å². The van der Waals surface area contributed by atoms with Gasteiger partial charge in [0.15, 0.2) is 0 Å². The van der Waals surface area contributed by atoms with Gasteiger partial charge in [-0.05, 0) is 44.4 Å². The molecule has 0 aromatic heterocycles. The number of rotatable bonds is 3. The van der Waals surface area contributed by atoms with E-state index in [2.05, 4.69) is 0 Å². The fraction of sp³-hybridized carbons (Fsp3) is 0.900. The lowest BCUT2D eigenvalue weighted by atomic mass is 9.84. The molecule has 3 saturated heterocycles. The predicted molar refractivity (Wildman–Crippen MR) is 96.6 cm³/mol. The molecule has 0 unspecified atom stereocenters. The summed E-state index contributed by atoms with van der Waals surface area (Å²) < 4.78 is 11.6. The second kappa shape index (κ2) is 7.85. The number of hydrogen-bond donors (Lipinski definition) is 0. The summed E-state index contributed by atoms with van der Waals surface area (Å²) in [6.45, 7) is 5.09. The van der Waals surface area contributed by atoms with E-state index in [9.17, 15) is 9.59 Å². The summed E-state index contributed by atoms with van der Waals surface area (Å²) in [5.41, 5.74) is -0.349. The van der Waals surface area contributed by atoms with Gasteiger partial charge in [-0.2, -0.15) is 0 Å². The zero-order valence-corrected chi connectivity index (χ0v) is 15.8. The van der Waals surface area contributed by atoms with Gasteiger partial charge in [0.1, 0.15) is 0 Å². The summed E-state index contributed by atoms with van der Waals surface area (Å²) in [7, 11) is 0. The van der Waals surface area contributed by atoms with Crippen LogP contribution in [0.1, 0.15) is 51.4 Å². The quantitative estimate of drug-likeness (QED) is 0.767. The van der Waals surface area contributed by atoms with Crippen molar-refractivity contribution in [2.45, 2.75) is 57.0 Å². The van der Waals surface area contributed by atoms with Gasteiger partial charge in [0.05, 0.1) is 18.6 Å². The van der Waals surface area contributed by atoms with Crippen LogP contribution in [-0.2, 0) is 19.1 Å². The molecule has 0 bridgehead atoms. The van der Waals surface area contributed by atoms with Crippen molar-refractivity contribution in [1.82, 2.24) is 9.80 Å². The first-order valence-corrected chi connectivity index (χ1v) is 10.4. The van der Waals surface area contributed by atoms with Crippen molar-refractivity contribution >= 4 is 11.8 Å². The van der Waals surface area contributed by atoms with Gasteiger partial charge in [0.25, 0.3) is 0 Å². The van der Waals surface area contributed by atoms with Crippen LogP contribution in [0.15, 0.2) is 0 Å². The minimum Gasteiger partial charge on any atom is -0.381 e. The first kappa shape index (κ1) is 18.2. The molecule has 0 atom stereocenters. The van der Waals surface area contributed by atoms with E-state index in [1.54, 1.807) is 0 Å². The van der Waals surface area contributed by atoms with Crippen LogP contribution in [0, 0.1) is 11.8 Å². The van der Waals surface area contributed by atoms with Gasteiger partial charge in [0, 0.05) is 45.3 Å². The third-order valence-electron chi connectivity index (χ3n) is 6.86. The van der Waals surface area contributed by atoms with Crippen molar-refractivity contribution in [3.8, 4) is 0 Å². The number of carbonyl (C=O) groups is 2. The fourth-order valence-electron chi connectivity index (χ4n) is 4.77. The topological polar surface area (TPSA) is 59.1 Å². The largest absolute Gasteiger partial charge is 0.381 e. The molecule has 1 aliphatic carbocycles. The van der Waals surface area contributed by atoms with E-state index in [4.69, 9.17) is 9.47 Å². The lowest BCUT2D eigenvalue weighted by Gasteiger charge is -2.41. The Morgan fingerprint density at radius 3 is 2.42 bits per heavy atom. The maximum Gasteiger partial charge on any atom is 0.225 e. The molecule has 26 heavy (non-hydrogen) atoms. The van der Waals surface area contributed by atoms with Gasteiger partial charge in [-0.15, -0.1) is 0 Å². The molecule has 4 rings (SSSR count). The van der Waals surface area contributed by atoms with Crippen molar-refractivity contribution in [3.05, 3.63) is 0 Å². The third-order valence-corrected chi connectivity index (χ3v) is 6.86. The summed E-state index contributed by atoms with van der Waals surface area (Å²) in [6.07, 6.45) is 7.56. The van der Waals surface area contributed by atoms with E-state index in [0.717, 1.165) is 38.8 Å². The average molecular weight is 364 g/mol. The lowest BCUT2D eigenvalue weighted by Crippen LogP contribution is -2.50. The molecule has 3 aliphatic heterocycles. The molecule has 146 valence electrons. The Morgan fingerprint density at radius 2 is 1.77 bits per heavy atom. The Balaban J connectivity index is 1.31. The molecule has 0 N–H and O–H groups in total. The number of ether oxygens (including phenoxy) is 2. The highest BCUT2D eigenvalue weighted by Gasteiger charge is 2.42. The third kappa shape index (κ3) is 3.91. The Kier molecular flexibility index (Phi) is 5.50. The van der Waals surface area contributed by atoms with Crippen LogP contribution in [-0.4, -0.2) is 73.2 Å². The molecular formula is C20H32N2O4. The summed E-state index contributed by atoms with van der Waals surface area (Å²) in [6, 6.07) is 0. The van der Waals surface area contributed by atoms with Crippen LogP contribution in [0.3, 0.4) is 0 Å². The highest BCUT2D eigenvalue weighted by molar-refractivity contribution is 5.79. The van der Waals surface area contributed by atoms with Gasteiger partial charge in [-0.3, -0.25) is 9.59 Å². The molecule has 6 nitrogen and oxygen atoms in total. The van der Waals surface area contributed by atoms with Gasteiger partial charge in [-0.1, -0.05) is 6.42 Å².